The Hall–Kier alpha value is -2.69. The van der Waals surface area contributed by atoms with Gasteiger partial charge in [-0.1, -0.05) is 53.5 Å². The van der Waals surface area contributed by atoms with Crippen LogP contribution in [0.4, 0.5) is 11.4 Å². The van der Waals surface area contributed by atoms with Crippen LogP contribution in [0.1, 0.15) is 11.1 Å². The van der Waals surface area contributed by atoms with Gasteiger partial charge in [0, 0.05) is 22.8 Å². The second kappa shape index (κ2) is 9.49. The van der Waals surface area contributed by atoms with Crippen LogP contribution >= 0.6 is 23.2 Å². The number of ether oxygens (including phenoxy) is 1. The zero-order valence-electron chi connectivity index (χ0n) is 15.3. The maximum absolute atomic E-state index is 12.2. The maximum Gasteiger partial charge on any atom is 0.262 e. The first-order chi connectivity index (χ1) is 13.5. The Balaban J connectivity index is 1.59. The molecule has 0 aromatic heterocycles. The maximum atomic E-state index is 12.2. The van der Waals surface area contributed by atoms with Crippen molar-refractivity contribution in [1.82, 2.24) is 0 Å². The molecule has 0 saturated carbocycles. The highest BCUT2D eigenvalue weighted by molar-refractivity contribution is 6.36. The van der Waals surface area contributed by atoms with E-state index in [0.717, 1.165) is 22.5 Å². The number of rotatable bonds is 7. The van der Waals surface area contributed by atoms with Gasteiger partial charge in [0.05, 0.1) is 10.7 Å². The van der Waals surface area contributed by atoms with Crippen LogP contribution in [0.3, 0.4) is 0 Å². The molecule has 144 valence electrons. The molecule has 3 aromatic rings. The van der Waals surface area contributed by atoms with Crippen molar-refractivity contribution in [3.05, 3.63) is 87.9 Å². The Morgan fingerprint density at radius 2 is 1.82 bits per heavy atom. The van der Waals surface area contributed by atoms with Crippen LogP contribution in [0.15, 0.2) is 66.7 Å². The number of para-hydroxylation sites is 1. The summed E-state index contributed by atoms with van der Waals surface area (Å²) in [6.45, 7) is 2.39. The van der Waals surface area contributed by atoms with Gasteiger partial charge in [-0.25, -0.2) is 0 Å². The average molecular weight is 415 g/mol. The first kappa shape index (κ1) is 20.1. The van der Waals surface area contributed by atoms with E-state index in [0.29, 0.717) is 22.3 Å². The lowest BCUT2D eigenvalue weighted by molar-refractivity contribution is -0.118. The molecule has 4 nitrogen and oxygen atoms in total. The highest BCUT2D eigenvalue weighted by Crippen LogP contribution is 2.27. The number of anilines is 2. The molecule has 0 aliphatic heterocycles. The molecule has 0 radical (unpaired) electrons. The molecule has 0 unspecified atom stereocenters. The van der Waals surface area contributed by atoms with Crippen molar-refractivity contribution in [2.75, 3.05) is 17.2 Å². The Morgan fingerprint density at radius 1 is 1.00 bits per heavy atom. The molecule has 0 spiro atoms. The first-order valence-electron chi connectivity index (χ1n) is 8.77. The minimum absolute atomic E-state index is 0.0767. The molecule has 0 atom stereocenters. The summed E-state index contributed by atoms with van der Waals surface area (Å²) in [7, 11) is 0. The molecule has 28 heavy (non-hydrogen) atoms. The normalized spacial score (nSPS) is 10.4. The minimum Gasteiger partial charge on any atom is -0.483 e. The number of carbonyl (C=O) groups excluding carboxylic acids is 1. The van der Waals surface area contributed by atoms with Crippen molar-refractivity contribution in [3.8, 4) is 5.75 Å². The monoisotopic (exact) mass is 414 g/mol. The van der Waals surface area contributed by atoms with Crippen molar-refractivity contribution in [2.24, 2.45) is 0 Å². The summed E-state index contributed by atoms with van der Waals surface area (Å²) >= 11 is 12.1. The van der Waals surface area contributed by atoms with Gasteiger partial charge in [-0.15, -0.1) is 0 Å². The summed E-state index contributed by atoms with van der Waals surface area (Å²) in [6.07, 6.45) is 0. The summed E-state index contributed by atoms with van der Waals surface area (Å²) in [5, 5.41) is 7.22. The average Bonchev–Trinajstić information content (AvgIpc) is 2.66. The first-order valence-corrected chi connectivity index (χ1v) is 9.53. The smallest absolute Gasteiger partial charge is 0.262 e. The second-order valence-corrected chi connectivity index (χ2v) is 7.14. The number of halogens is 2. The van der Waals surface area contributed by atoms with Crippen LogP contribution < -0.4 is 15.4 Å². The third-order valence-electron chi connectivity index (χ3n) is 4.03. The van der Waals surface area contributed by atoms with Crippen LogP contribution in [0.2, 0.25) is 10.0 Å². The highest BCUT2D eigenvalue weighted by Gasteiger charge is 2.08. The van der Waals surface area contributed by atoms with E-state index in [2.05, 4.69) is 10.6 Å². The van der Waals surface area contributed by atoms with Crippen molar-refractivity contribution in [1.29, 1.82) is 0 Å². The molecule has 1 amide bonds. The topological polar surface area (TPSA) is 50.4 Å². The predicted molar refractivity (Wildman–Crippen MR) is 116 cm³/mol. The Kier molecular flexibility index (Phi) is 6.80. The van der Waals surface area contributed by atoms with Crippen molar-refractivity contribution < 1.29 is 9.53 Å². The van der Waals surface area contributed by atoms with Gasteiger partial charge in [-0.2, -0.15) is 0 Å². The van der Waals surface area contributed by atoms with Crippen LogP contribution in [-0.4, -0.2) is 12.5 Å². The van der Waals surface area contributed by atoms with E-state index >= 15 is 0 Å². The van der Waals surface area contributed by atoms with Gasteiger partial charge in [0.1, 0.15) is 5.75 Å². The standard InChI is InChI=1S/C22H20Cl2N2O2/c1-15-5-4-7-18(11-15)26-22(27)14-28-21-8-3-2-6-16(21)13-25-20-10-9-17(23)12-19(20)24/h2-12,25H,13-14H2,1H3,(H,26,27). The van der Waals surface area contributed by atoms with Gasteiger partial charge in [-0.05, 0) is 48.9 Å². The zero-order valence-corrected chi connectivity index (χ0v) is 16.8. The molecular formula is C22H20Cl2N2O2. The molecule has 0 saturated heterocycles. The van der Waals surface area contributed by atoms with Crippen LogP contribution in [-0.2, 0) is 11.3 Å². The van der Waals surface area contributed by atoms with Gasteiger partial charge in [-0.3, -0.25) is 4.79 Å². The van der Waals surface area contributed by atoms with Crippen LogP contribution in [0.5, 0.6) is 5.75 Å². The number of aryl methyl sites for hydroxylation is 1. The molecule has 3 aromatic carbocycles. The van der Waals surface area contributed by atoms with Gasteiger partial charge in [0.25, 0.3) is 5.91 Å². The Bertz CT molecular complexity index is 976. The van der Waals surface area contributed by atoms with Gasteiger partial charge in [0.2, 0.25) is 0 Å². The number of amides is 1. The van der Waals surface area contributed by atoms with Crippen molar-refractivity contribution >= 4 is 40.5 Å². The lowest BCUT2D eigenvalue weighted by Crippen LogP contribution is -2.20. The fourth-order valence-corrected chi connectivity index (χ4v) is 3.15. The summed E-state index contributed by atoms with van der Waals surface area (Å²) in [4.78, 5) is 12.2. The number of hydrogen-bond donors (Lipinski definition) is 2. The highest BCUT2D eigenvalue weighted by atomic mass is 35.5. The molecular weight excluding hydrogens is 395 g/mol. The molecule has 6 heteroatoms. The van der Waals surface area contributed by atoms with E-state index < -0.39 is 0 Å². The number of hydrogen-bond acceptors (Lipinski definition) is 3. The summed E-state index contributed by atoms with van der Waals surface area (Å²) in [5.41, 5.74) is 3.52. The van der Waals surface area contributed by atoms with Gasteiger partial charge in [0.15, 0.2) is 6.61 Å². The van der Waals surface area contributed by atoms with Crippen molar-refractivity contribution in [2.45, 2.75) is 13.5 Å². The lowest BCUT2D eigenvalue weighted by atomic mass is 10.2. The third kappa shape index (κ3) is 5.65. The molecule has 0 aliphatic rings. The largest absolute Gasteiger partial charge is 0.483 e. The van der Waals surface area contributed by atoms with Crippen LogP contribution in [0, 0.1) is 6.92 Å². The molecule has 0 aliphatic carbocycles. The lowest BCUT2D eigenvalue weighted by Gasteiger charge is -2.14. The fourth-order valence-electron chi connectivity index (χ4n) is 2.68. The van der Waals surface area contributed by atoms with Crippen LogP contribution in [0.25, 0.3) is 0 Å². The minimum atomic E-state index is -0.214. The number of carbonyl (C=O) groups is 1. The molecule has 2 N–H and O–H groups in total. The number of nitrogens with one attached hydrogen (secondary N) is 2. The van der Waals surface area contributed by atoms with E-state index in [9.17, 15) is 4.79 Å². The van der Waals surface area contributed by atoms with E-state index in [1.807, 2.05) is 61.5 Å². The molecule has 3 rings (SSSR count). The van der Waals surface area contributed by atoms with E-state index in [1.54, 1.807) is 12.1 Å². The van der Waals surface area contributed by atoms with E-state index in [1.165, 1.54) is 0 Å². The molecule has 0 heterocycles. The van der Waals surface area contributed by atoms with Gasteiger partial charge >= 0.3 is 0 Å². The Labute approximate surface area is 174 Å². The van der Waals surface area contributed by atoms with E-state index in [-0.39, 0.29) is 12.5 Å². The quantitative estimate of drug-likeness (QED) is 0.503. The molecule has 0 bridgehead atoms. The summed E-state index contributed by atoms with van der Waals surface area (Å²) in [6, 6.07) is 20.5. The molecule has 0 fully saturated rings. The third-order valence-corrected chi connectivity index (χ3v) is 4.58. The second-order valence-electron chi connectivity index (χ2n) is 6.29. The SMILES string of the molecule is Cc1cccc(NC(=O)COc2ccccc2CNc2ccc(Cl)cc2Cl)c1. The van der Waals surface area contributed by atoms with Gasteiger partial charge < -0.3 is 15.4 Å². The zero-order chi connectivity index (χ0) is 19.9. The number of benzene rings is 3. The predicted octanol–water partition coefficient (Wildman–Crippen LogP) is 5.93. The van der Waals surface area contributed by atoms with Crippen molar-refractivity contribution in [3.63, 3.8) is 0 Å². The summed E-state index contributed by atoms with van der Waals surface area (Å²) < 4.78 is 5.73. The Morgan fingerprint density at radius 3 is 2.61 bits per heavy atom. The van der Waals surface area contributed by atoms with E-state index in [4.69, 9.17) is 27.9 Å². The summed E-state index contributed by atoms with van der Waals surface area (Å²) in [5.74, 6) is 0.425. The fraction of sp³-hybridized carbons (Fsp3) is 0.136.